The quantitative estimate of drug-likeness (QED) is 0.488. The van der Waals surface area contributed by atoms with Crippen molar-refractivity contribution >= 4 is 17.3 Å². The molecule has 4 heteroatoms. The molecule has 0 aromatic heterocycles. The summed E-state index contributed by atoms with van der Waals surface area (Å²) in [4.78, 5) is 0. The summed E-state index contributed by atoms with van der Waals surface area (Å²) in [5.74, 6) is 0. The second-order valence-corrected chi connectivity index (χ2v) is 1.23. The molecule has 0 rings (SSSR count). The molecule has 0 aromatic carbocycles. The Balaban J connectivity index is 3.35. The fourth-order valence-corrected chi connectivity index (χ4v) is 0.0891. The second kappa shape index (κ2) is 2.85. The van der Waals surface area contributed by atoms with E-state index in [1.807, 2.05) is 0 Å². The number of alkyl halides is 2. The van der Waals surface area contributed by atoms with Crippen molar-refractivity contribution in [3.63, 3.8) is 0 Å². The summed E-state index contributed by atoms with van der Waals surface area (Å²) in [6.07, 6.45) is -2.63. The molecule has 0 heterocycles. The lowest BCUT2D eigenvalue weighted by Gasteiger charge is -1.95. The van der Waals surface area contributed by atoms with Crippen molar-refractivity contribution in [2.45, 2.75) is 6.43 Å². The maximum absolute atomic E-state index is 11.2. The van der Waals surface area contributed by atoms with Crippen LogP contribution in [0.5, 0.6) is 0 Å². The summed E-state index contributed by atoms with van der Waals surface area (Å²) in [6, 6.07) is 0. The predicted molar refractivity (Wildman–Crippen MR) is 25.6 cm³/mol. The minimum Gasteiger partial charge on any atom is -0.486 e. The SMILES string of the molecule is COC(=S)C(F)F. The largest absolute Gasteiger partial charge is 0.486 e. The van der Waals surface area contributed by atoms with Crippen molar-refractivity contribution in [3.8, 4) is 0 Å². The van der Waals surface area contributed by atoms with Crippen LogP contribution >= 0.6 is 12.2 Å². The van der Waals surface area contributed by atoms with E-state index in [-0.39, 0.29) is 0 Å². The van der Waals surface area contributed by atoms with Gasteiger partial charge in [-0.15, -0.1) is 0 Å². The van der Waals surface area contributed by atoms with Crippen molar-refractivity contribution in [3.05, 3.63) is 0 Å². The normalized spacial score (nSPS) is 9.14. The van der Waals surface area contributed by atoms with E-state index in [4.69, 9.17) is 0 Å². The van der Waals surface area contributed by atoms with E-state index in [1.165, 1.54) is 0 Å². The van der Waals surface area contributed by atoms with Gasteiger partial charge in [0, 0.05) is 0 Å². The van der Waals surface area contributed by atoms with Gasteiger partial charge < -0.3 is 4.74 Å². The Morgan fingerprint density at radius 2 is 2.14 bits per heavy atom. The number of thiocarbonyl (C=S) groups is 1. The van der Waals surface area contributed by atoms with Gasteiger partial charge in [-0.3, -0.25) is 0 Å². The van der Waals surface area contributed by atoms with E-state index >= 15 is 0 Å². The molecule has 0 atom stereocenters. The van der Waals surface area contributed by atoms with Crippen LogP contribution in [-0.4, -0.2) is 18.6 Å². The summed E-state index contributed by atoms with van der Waals surface area (Å²) >= 11 is 4.01. The van der Waals surface area contributed by atoms with Gasteiger partial charge in [0.05, 0.1) is 7.11 Å². The lowest BCUT2D eigenvalue weighted by atomic mass is 10.8. The van der Waals surface area contributed by atoms with Gasteiger partial charge >= 0.3 is 6.43 Å². The highest BCUT2D eigenvalue weighted by molar-refractivity contribution is 7.80. The first kappa shape index (κ1) is 6.75. The number of hydrogen-bond donors (Lipinski definition) is 0. The number of halogens is 2. The fraction of sp³-hybridized carbons (Fsp3) is 0.667. The van der Waals surface area contributed by atoms with Gasteiger partial charge in [0.15, 0.2) is 0 Å². The van der Waals surface area contributed by atoms with Crippen molar-refractivity contribution in [1.29, 1.82) is 0 Å². The average Bonchev–Trinajstić information content (AvgIpc) is 1.65. The Morgan fingerprint density at radius 3 is 2.14 bits per heavy atom. The van der Waals surface area contributed by atoms with E-state index in [2.05, 4.69) is 17.0 Å². The van der Waals surface area contributed by atoms with Crippen molar-refractivity contribution in [1.82, 2.24) is 0 Å². The highest BCUT2D eigenvalue weighted by atomic mass is 32.1. The minimum absolute atomic E-state index is 0.653. The zero-order chi connectivity index (χ0) is 5.86. The first-order valence-electron chi connectivity index (χ1n) is 1.54. The molecule has 0 aliphatic rings. The molecule has 1 nitrogen and oxygen atoms in total. The van der Waals surface area contributed by atoms with Crippen molar-refractivity contribution < 1.29 is 13.5 Å². The third-order valence-electron chi connectivity index (χ3n) is 0.379. The Labute approximate surface area is 45.3 Å². The van der Waals surface area contributed by atoms with Crippen LogP contribution in [0.3, 0.4) is 0 Å². The van der Waals surface area contributed by atoms with Crippen LogP contribution < -0.4 is 0 Å². The summed E-state index contributed by atoms with van der Waals surface area (Å²) < 4.78 is 26.3. The van der Waals surface area contributed by atoms with Gasteiger partial charge in [0.2, 0.25) is 5.05 Å². The lowest BCUT2D eigenvalue weighted by Crippen LogP contribution is -2.07. The maximum Gasteiger partial charge on any atom is 0.305 e. The highest BCUT2D eigenvalue weighted by Gasteiger charge is 2.08. The Morgan fingerprint density at radius 1 is 1.71 bits per heavy atom. The fourth-order valence-electron chi connectivity index (χ4n) is 0.0891. The zero-order valence-corrected chi connectivity index (χ0v) is 4.47. The predicted octanol–water partition coefficient (Wildman–Crippen LogP) is 1.23. The van der Waals surface area contributed by atoms with Crippen LogP contribution in [0.15, 0.2) is 0 Å². The van der Waals surface area contributed by atoms with Crippen LogP contribution in [0.2, 0.25) is 0 Å². The molecule has 0 fully saturated rings. The van der Waals surface area contributed by atoms with Crippen LogP contribution in [-0.2, 0) is 4.74 Å². The standard InChI is InChI=1S/C3H4F2OS/c1-6-3(7)2(4)5/h2H,1H3. The topological polar surface area (TPSA) is 9.23 Å². The van der Waals surface area contributed by atoms with E-state index < -0.39 is 11.5 Å². The van der Waals surface area contributed by atoms with Gasteiger partial charge in [0.25, 0.3) is 0 Å². The molecule has 0 saturated heterocycles. The minimum atomic E-state index is -2.63. The van der Waals surface area contributed by atoms with Gasteiger partial charge in [-0.2, -0.15) is 0 Å². The van der Waals surface area contributed by atoms with E-state index in [0.717, 1.165) is 7.11 Å². The van der Waals surface area contributed by atoms with E-state index in [1.54, 1.807) is 0 Å². The molecule has 0 aliphatic heterocycles. The molecule has 7 heavy (non-hydrogen) atoms. The molecule has 0 bridgehead atoms. The molecule has 42 valence electrons. The first-order chi connectivity index (χ1) is 3.18. The molecular weight excluding hydrogens is 122 g/mol. The van der Waals surface area contributed by atoms with Gasteiger partial charge in [-0.25, -0.2) is 8.78 Å². The third kappa shape index (κ3) is 2.45. The van der Waals surface area contributed by atoms with Gasteiger partial charge in [-0.1, -0.05) is 0 Å². The summed E-state index contributed by atoms with van der Waals surface area (Å²) in [6.45, 7) is 0. The number of rotatable bonds is 1. The summed E-state index contributed by atoms with van der Waals surface area (Å²) in [5, 5.41) is -0.653. The summed E-state index contributed by atoms with van der Waals surface area (Å²) in [7, 11) is 1.12. The van der Waals surface area contributed by atoms with Crippen LogP contribution in [0.4, 0.5) is 8.78 Å². The third-order valence-corrected chi connectivity index (χ3v) is 0.724. The second-order valence-electron chi connectivity index (χ2n) is 0.824. The number of ether oxygens (including phenoxy) is 1. The molecule has 0 aliphatic carbocycles. The molecule has 0 N–H and O–H groups in total. The Hall–Kier alpha value is -0.250. The smallest absolute Gasteiger partial charge is 0.305 e. The van der Waals surface area contributed by atoms with Crippen molar-refractivity contribution in [2.75, 3.05) is 7.11 Å². The Bertz CT molecular complexity index is 73.3. The first-order valence-corrected chi connectivity index (χ1v) is 1.95. The zero-order valence-electron chi connectivity index (χ0n) is 3.65. The average molecular weight is 126 g/mol. The molecule has 0 spiro atoms. The highest BCUT2D eigenvalue weighted by Crippen LogP contribution is 1.95. The molecular formula is C3H4F2OS. The molecule has 0 saturated carbocycles. The van der Waals surface area contributed by atoms with E-state index in [0.29, 0.717) is 0 Å². The molecule has 0 amide bonds. The van der Waals surface area contributed by atoms with Crippen LogP contribution in [0.1, 0.15) is 0 Å². The monoisotopic (exact) mass is 126 g/mol. The maximum atomic E-state index is 11.2. The van der Waals surface area contributed by atoms with E-state index in [9.17, 15) is 8.78 Å². The molecule has 0 aromatic rings. The lowest BCUT2D eigenvalue weighted by molar-refractivity contribution is 0.191. The van der Waals surface area contributed by atoms with Crippen LogP contribution in [0, 0.1) is 0 Å². The molecule has 0 radical (unpaired) electrons. The Kier molecular flexibility index (Phi) is 2.75. The van der Waals surface area contributed by atoms with Gasteiger partial charge in [-0.05, 0) is 12.2 Å². The van der Waals surface area contributed by atoms with Gasteiger partial charge in [0.1, 0.15) is 0 Å². The molecule has 0 unspecified atom stereocenters. The number of methoxy groups -OCH3 is 1. The summed E-state index contributed by atoms with van der Waals surface area (Å²) in [5.41, 5.74) is 0. The number of hydrogen-bond acceptors (Lipinski definition) is 2. The van der Waals surface area contributed by atoms with Crippen LogP contribution in [0.25, 0.3) is 0 Å². The van der Waals surface area contributed by atoms with Crippen molar-refractivity contribution in [2.24, 2.45) is 0 Å².